The molecule has 27 heavy (non-hydrogen) atoms. The van der Waals surface area contributed by atoms with Crippen molar-refractivity contribution >= 4 is 31.8 Å². The molecular weight excluding hydrogens is 366 g/mol. The van der Waals surface area contributed by atoms with Crippen LogP contribution in [0.15, 0.2) is 70.5 Å². The first-order chi connectivity index (χ1) is 13.1. The van der Waals surface area contributed by atoms with E-state index in [1.807, 2.05) is 0 Å². The molecule has 0 atom stereocenters. The predicted molar refractivity (Wildman–Crippen MR) is 101 cm³/mol. The Balaban J connectivity index is 1.56. The third-order valence-electron chi connectivity index (χ3n) is 4.13. The van der Waals surface area contributed by atoms with E-state index in [9.17, 15) is 13.2 Å². The molecule has 0 unspecified atom stereocenters. The van der Waals surface area contributed by atoms with Crippen LogP contribution in [0.4, 0.5) is 0 Å². The van der Waals surface area contributed by atoms with Gasteiger partial charge in [0.05, 0.1) is 17.4 Å². The van der Waals surface area contributed by atoms with Crippen molar-refractivity contribution in [3.8, 4) is 0 Å². The second kappa shape index (κ2) is 6.86. The smallest absolute Gasteiger partial charge is 0.267 e. The topological polar surface area (TPSA) is 107 Å². The van der Waals surface area contributed by atoms with Crippen LogP contribution in [0.2, 0.25) is 0 Å². The van der Waals surface area contributed by atoms with Crippen molar-refractivity contribution in [1.29, 1.82) is 0 Å². The summed E-state index contributed by atoms with van der Waals surface area (Å²) in [6.45, 7) is 0.0621. The number of nitrogens with zero attached hydrogens (tertiary/aromatic N) is 4. The summed E-state index contributed by atoms with van der Waals surface area (Å²) in [7, 11) is -3.79. The van der Waals surface area contributed by atoms with E-state index in [1.54, 1.807) is 54.7 Å². The van der Waals surface area contributed by atoms with Gasteiger partial charge in [-0.05, 0) is 24.3 Å². The van der Waals surface area contributed by atoms with Crippen LogP contribution in [-0.4, -0.2) is 34.9 Å². The molecule has 4 aromatic rings. The molecule has 0 fully saturated rings. The molecule has 8 nitrogen and oxygen atoms in total. The molecule has 0 saturated carbocycles. The van der Waals surface area contributed by atoms with E-state index in [-0.39, 0.29) is 23.5 Å². The van der Waals surface area contributed by atoms with Crippen LogP contribution in [0.25, 0.3) is 21.8 Å². The second-order valence-electron chi connectivity index (χ2n) is 5.86. The fourth-order valence-electron chi connectivity index (χ4n) is 2.83. The molecule has 2 aromatic carbocycles. The van der Waals surface area contributed by atoms with Gasteiger partial charge in [0.15, 0.2) is 0 Å². The Morgan fingerprint density at radius 2 is 1.81 bits per heavy atom. The Hall–Kier alpha value is -3.17. The Morgan fingerprint density at radius 1 is 1.00 bits per heavy atom. The molecule has 0 aliphatic rings. The maximum Gasteiger partial charge on any atom is 0.277 e. The van der Waals surface area contributed by atoms with Crippen molar-refractivity contribution in [2.75, 3.05) is 6.54 Å². The maximum absolute atomic E-state index is 12.7. The quantitative estimate of drug-likeness (QED) is 0.559. The molecule has 0 spiro atoms. The van der Waals surface area contributed by atoms with E-state index in [0.29, 0.717) is 16.4 Å². The van der Waals surface area contributed by atoms with E-state index in [4.69, 9.17) is 0 Å². The van der Waals surface area contributed by atoms with Crippen molar-refractivity contribution in [2.24, 2.45) is 0 Å². The highest BCUT2D eigenvalue weighted by Gasteiger charge is 2.17. The summed E-state index contributed by atoms with van der Waals surface area (Å²) >= 11 is 0. The van der Waals surface area contributed by atoms with Crippen LogP contribution in [0.1, 0.15) is 0 Å². The van der Waals surface area contributed by atoms with E-state index in [1.165, 1.54) is 6.07 Å². The first-order valence-electron chi connectivity index (χ1n) is 8.22. The summed E-state index contributed by atoms with van der Waals surface area (Å²) in [4.78, 5) is 16.7. The molecule has 0 bridgehead atoms. The number of sulfonamides is 1. The first kappa shape index (κ1) is 17.3. The number of fused-ring (bicyclic) bond motifs is 2. The molecule has 0 amide bonds. The van der Waals surface area contributed by atoms with Gasteiger partial charge in [0.25, 0.3) is 5.56 Å². The summed E-state index contributed by atoms with van der Waals surface area (Å²) in [6, 6.07) is 15.4. The molecule has 2 heterocycles. The summed E-state index contributed by atoms with van der Waals surface area (Å²) in [6.07, 6.45) is 1.55. The van der Waals surface area contributed by atoms with Crippen LogP contribution in [0.3, 0.4) is 0 Å². The Morgan fingerprint density at radius 3 is 2.70 bits per heavy atom. The van der Waals surface area contributed by atoms with Crippen molar-refractivity contribution < 1.29 is 8.42 Å². The third-order valence-corrected chi connectivity index (χ3v) is 5.62. The zero-order chi connectivity index (χ0) is 18.9. The zero-order valence-corrected chi connectivity index (χ0v) is 14.9. The molecule has 4 rings (SSSR count). The maximum atomic E-state index is 12.7. The van der Waals surface area contributed by atoms with E-state index in [0.717, 1.165) is 10.1 Å². The molecule has 1 N–H and O–H groups in total. The number of hydrogen-bond acceptors (Lipinski definition) is 6. The second-order valence-corrected chi connectivity index (χ2v) is 7.60. The van der Waals surface area contributed by atoms with Gasteiger partial charge in [-0.3, -0.25) is 9.78 Å². The van der Waals surface area contributed by atoms with Gasteiger partial charge in [-0.15, -0.1) is 5.10 Å². The van der Waals surface area contributed by atoms with Crippen LogP contribution in [0, 0.1) is 0 Å². The van der Waals surface area contributed by atoms with E-state index >= 15 is 0 Å². The summed E-state index contributed by atoms with van der Waals surface area (Å²) in [5.41, 5.74) is 0.586. The van der Waals surface area contributed by atoms with Crippen molar-refractivity contribution in [3.05, 3.63) is 71.1 Å². The van der Waals surface area contributed by atoms with Gasteiger partial charge < -0.3 is 0 Å². The van der Waals surface area contributed by atoms with Gasteiger partial charge in [0, 0.05) is 18.1 Å². The standard InChI is InChI=1S/C18H15N5O3S/c24-18-14-7-1-2-8-15(14)21-22-23(18)12-11-20-27(25,26)16-9-3-5-13-6-4-10-19-17(13)16/h1-10,20H,11-12H2. The lowest BCUT2D eigenvalue weighted by atomic mass is 10.2. The predicted octanol–water partition coefficient (Wildman–Crippen LogP) is 1.32. The highest BCUT2D eigenvalue weighted by molar-refractivity contribution is 7.89. The molecule has 2 aromatic heterocycles. The number of pyridine rings is 1. The van der Waals surface area contributed by atoms with Gasteiger partial charge in [0.1, 0.15) is 10.4 Å². The first-order valence-corrected chi connectivity index (χ1v) is 9.70. The third kappa shape index (κ3) is 3.29. The molecule has 0 saturated heterocycles. The molecular formula is C18H15N5O3S. The Labute approximate surface area is 154 Å². The van der Waals surface area contributed by atoms with Gasteiger partial charge in [-0.25, -0.2) is 17.8 Å². The lowest BCUT2D eigenvalue weighted by Crippen LogP contribution is -2.32. The van der Waals surface area contributed by atoms with Gasteiger partial charge >= 0.3 is 0 Å². The summed E-state index contributed by atoms with van der Waals surface area (Å²) in [5, 5.41) is 9.01. The monoisotopic (exact) mass is 381 g/mol. The van der Waals surface area contributed by atoms with Crippen molar-refractivity contribution in [3.63, 3.8) is 0 Å². The van der Waals surface area contributed by atoms with Gasteiger partial charge in [-0.1, -0.05) is 35.5 Å². The SMILES string of the molecule is O=c1c2ccccc2nnn1CCNS(=O)(=O)c1cccc2cccnc12. The normalized spacial score (nSPS) is 11.9. The lowest BCUT2D eigenvalue weighted by molar-refractivity contribution is 0.532. The number of hydrogen-bond donors (Lipinski definition) is 1. The number of para-hydroxylation sites is 1. The largest absolute Gasteiger partial charge is 0.277 e. The lowest BCUT2D eigenvalue weighted by Gasteiger charge is -2.09. The number of nitrogens with one attached hydrogen (secondary N) is 1. The van der Waals surface area contributed by atoms with Gasteiger partial charge in [-0.2, -0.15) is 0 Å². The minimum absolute atomic E-state index is 0.00151. The van der Waals surface area contributed by atoms with Gasteiger partial charge in [0.2, 0.25) is 10.0 Å². The molecule has 0 aliphatic carbocycles. The average Bonchev–Trinajstić information content (AvgIpc) is 2.69. The Kier molecular flexibility index (Phi) is 4.38. The van der Waals surface area contributed by atoms with Crippen molar-refractivity contribution in [1.82, 2.24) is 24.7 Å². The van der Waals surface area contributed by atoms with Crippen LogP contribution < -0.4 is 10.3 Å². The summed E-state index contributed by atoms with van der Waals surface area (Å²) < 4.78 is 29.0. The number of benzene rings is 2. The number of aromatic nitrogens is 4. The molecule has 9 heteroatoms. The zero-order valence-electron chi connectivity index (χ0n) is 14.1. The summed E-state index contributed by atoms with van der Waals surface area (Å²) in [5.74, 6) is 0. The van der Waals surface area contributed by atoms with Crippen LogP contribution >= 0.6 is 0 Å². The highest BCUT2D eigenvalue weighted by atomic mass is 32.2. The van der Waals surface area contributed by atoms with E-state index < -0.39 is 10.0 Å². The van der Waals surface area contributed by atoms with Crippen LogP contribution in [0.5, 0.6) is 0 Å². The average molecular weight is 381 g/mol. The molecule has 0 radical (unpaired) electrons. The fourth-order valence-corrected chi connectivity index (χ4v) is 4.02. The van der Waals surface area contributed by atoms with E-state index in [2.05, 4.69) is 20.0 Å². The highest BCUT2D eigenvalue weighted by Crippen LogP contribution is 2.20. The minimum atomic E-state index is -3.79. The molecule has 0 aliphatic heterocycles. The molecule has 136 valence electrons. The fraction of sp³-hybridized carbons (Fsp3) is 0.111. The minimum Gasteiger partial charge on any atom is -0.267 e. The van der Waals surface area contributed by atoms with Crippen molar-refractivity contribution in [2.45, 2.75) is 11.4 Å². The number of rotatable bonds is 5. The van der Waals surface area contributed by atoms with Crippen LogP contribution in [-0.2, 0) is 16.6 Å². The Bertz CT molecular complexity index is 1300.